The molecule has 6 nitrogen and oxygen atoms in total. The molecule has 0 spiro atoms. The summed E-state index contributed by atoms with van der Waals surface area (Å²) in [5.41, 5.74) is 6.28. The summed E-state index contributed by atoms with van der Waals surface area (Å²) >= 11 is 0. The van der Waals surface area contributed by atoms with E-state index in [-0.39, 0.29) is 36.0 Å². The third-order valence-corrected chi connectivity index (χ3v) is 4.51. The molecule has 0 aromatic heterocycles. The molecule has 0 radical (unpaired) electrons. The van der Waals surface area contributed by atoms with Crippen molar-refractivity contribution < 1.29 is 14.0 Å². The average molecular weight is 357 g/mol. The Morgan fingerprint density at radius 3 is 2.79 bits per heavy atom. The molecule has 1 atom stereocenters. The van der Waals surface area contributed by atoms with Crippen molar-refractivity contribution in [1.82, 2.24) is 10.2 Å². The molecule has 0 saturated carbocycles. The fraction of sp³-hybridized carbons (Fsp3) is 0.500. The van der Waals surface area contributed by atoms with Crippen LogP contribution < -0.4 is 16.0 Å². The molecule has 3 N–H and O–H groups in total. The van der Waals surface area contributed by atoms with Gasteiger partial charge in [0.05, 0.1) is 5.56 Å². The number of likely N-dealkylation sites (tertiary alicyclic amines) is 1. The number of benzene rings is 1. The lowest BCUT2D eigenvalue weighted by molar-refractivity contribution is 0.0618. The topological polar surface area (TPSA) is 78.7 Å². The highest BCUT2D eigenvalue weighted by Crippen LogP contribution is 2.24. The summed E-state index contributed by atoms with van der Waals surface area (Å²) in [6, 6.07) is 3.95. The van der Waals surface area contributed by atoms with Gasteiger partial charge in [-0.05, 0) is 37.5 Å². The van der Waals surface area contributed by atoms with Gasteiger partial charge in [0.15, 0.2) is 0 Å². The Morgan fingerprint density at radius 2 is 2.12 bits per heavy atom. The number of halogens is 2. The quantitative estimate of drug-likeness (QED) is 0.865. The number of carbonyl (C=O) groups excluding carboxylic acids is 2. The van der Waals surface area contributed by atoms with Crippen LogP contribution in [0.1, 0.15) is 29.6 Å². The molecular formula is C16H22ClFN4O2. The van der Waals surface area contributed by atoms with Crippen LogP contribution in [0.2, 0.25) is 0 Å². The molecule has 2 saturated heterocycles. The van der Waals surface area contributed by atoms with Crippen molar-refractivity contribution in [1.29, 1.82) is 0 Å². The SMILES string of the molecule is Cl.NCC1CCCCN1C(=O)c1cc(N2CCNC2=O)ccc1F. The van der Waals surface area contributed by atoms with E-state index in [0.717, 1.165) is 19.3 Å². The number of amides is 3. The van der Waals surface area contributed by atoms with Crippen LogP contribution >= 0.6 is 12.4 Å². The van der Waals surface area contributed by atoms with Crippen molar-refractivity contribution in [3.05, 3.63) is 29.6 Å². The largest absolute Gasteiger partial charge is 0.336 e. The summed E-state index contributed by atoms with van der Waals surface area (Å²) in [6.07, 6.45) is 2.78. The van der Waals surface area contributed by atoms with Crippen molar-refractivity contribution in [2.75, 3.05) is 31.1 Å². The van der Waals surface area contributed by atoms with Crippen molar-refractivity contribution in [2.45, 2.75) is 25.3 Å². The lowest BCUT2D eigenvalue weighted by Gasteiger charge is -2.35. The van der Waals surface area contributed by atoms with E-state index in [0.29, 0.717) is 31.9 Å². The molecule has 0 aliphatic carbocycles. The normalized spacial score (nSPS) is 20.6. The molecule has 132 valence electrons. The Labute approximate surface area is 146 Å². The minimum atomic E-state index is -0.570. The van der Waals surface area contributed by atoms with E-state index in [1.807, 2.05) is 0 Å². The second kappa shape index (κ2) is 7.81. The van der Waals surface area contributed by atoms with E-state index >= 15 is 0 Å². The Bertz CT molecular complexity index is 628. The van der Waals surface area contributed by atoms with Gasteiger partial charge in [-0.1, -0.05) is 0 Å². The van der Waals surface area contributed by atoms with Crippen LogP contribution in [0.4, 0.5) is 14.9 Å². The molecule has 24 heavy (non-hydrogen) atoms. The number of nitrogens with zero attached hydrogens (tertiary/aromatic N) is 2. The van der Waals surface area contributed by atoms with E-state index in [1.165, 1.54) is 23.1 Å². The van der Waals surface area contributed by atoms with E-state index in [1.54, 1.807) is 4.90 Å². The molecule has 2 heterocycles. The first-order valence-electron chi connectivity index (χ1n) is 7.98. The maximum atomic E-state index is 14.2. The van der Waals surface area contributed by atoms with Crippen LogP contribution in [-0.2, 0) is 0 Å². The van der Waals surface area contributed by atoms with Crippen LogP contribution in [0.5, 0.6) is 0 Å². The van der Waals surface area contributed by atoms with Gasteiger partial charge in [0.25, 0.3) is 5.91 Å². The molecule has 3 amide bonds. The third kappa shape index (κ3) is 3.47. The molecule has 8 heteroatoms. The minimum absolute atomic E-state index is 0. The number of nitrogens with two attached hydrogens (primary N) is 1. The van der Waals surface area contributed by atoms with Gasteiger partial charge >= 0.3 is 6.03 Å². The van der Waals surface area contributed by atoms with Gasteiger partial charge in [-0.25, -0.2) is 9.18 Å². The number of piperidine rings is 1. The molecule has 3 rings (SSSR count). The van der Waals surface area contributed by atoms with E-state index in [9.17, 15) is 14.0 Å². The highest BCUT2D eigenvalue weighted by atomic mass is 35.5. The number of nitrogens with one attached hydrogen (secondary N) is 1. The summed E-state index contributed by atoms with van der Waals surface area (Å²) in [6.45, 7) is 2.02. The van der Waals surface area contributed by atoms with Crippen LogP contribution in [-0.4, -0.2) is 49.1 Å². The standard InChI is InChI=1S/C16H21FN4O2.ClH/c17-14-5-4-11(21-8-6-19-16(21)23)9-13(14)15(22)20-7-2-1-3-12(20)10-18;/h4-5,9,12H,1-3,6-8,10,18H2,(H,19,23);1H. The highest BCUT2D eigenvalue weighted by molar-refractivity contribution is 5.98. The molecule has 2 aliphatic heterocycles. The summed E-state index contributed by atoms with van der Waals surface area (Å²) < 4.78 is 14.2. The van der Waals surface area contributed by atoms with E-state index in [2.05, 4.69) is 5.32 Å². The van der Waals surface area contributed by atoms with Crippen LogP contribution in [0.3, 0.4) is 0 Å². The zero-order chi connectivity index (χ0) is 16.4. The zero-order valence-corrected chi connectivity index (χ0v) is 14.2. The van der Waals surface area contributed by atoms with Crippen molar-refractivity contribution in [3.63, 3.8) is 0 Å². The maximum Gasteiger partial charge on any atom is 0.321 e. The average Bonchev–Trinajstić information content (AvgIpc) is 3.00. The minimum Gasteiger partial charge on any atom is -0.336 e. The van der Waals surface area contributed by atoms with Crippen LogP contribution in [0.25, 0.3) is 0 Å². The van der Waals surface area contributed by atoms with Gasteiger partial charge in [-0.15, -0.1) is 12.4 Å². The van der Waals surface area contributed by atoms with Gasteiger partial charge in [-0.2, -0.15) is 0 Å². The second-order valence-corrected chi connectivity index (χ2v) is 5.93. The number of urea groups is 1. The van der Waals surface area contributed by atoms with Crippen LogP contribution in [0.15, 0.2) is 18.2 Å². The van der Waals surface area contributed by atoms with Gasteiger partial charge in [-0.3, -0.25) is 9.69 Å². The van der Waals surface area contributed by atoms with Crippen molar-refractivity contribution >= 4 is 30.0 Å². The second-order valence-electron chi connectivity index (χ2n) is 5.93. The number of anilines is 1. The molecule has 1 aromatic rings. The number of carbonyl (C=O) groups is 2. The van der Waals surface area contributed by atoms with Crippen molar-refractivity contribution in [3.8, 4) is 0 Å². The monoisotopic (exact) mass is 356 g/mol. The summed E-state index contributed by atoms with van der Waals surface area (Å²) in [7, 11) is 0. The fourth-order valence-electron chi connectivity index (χ4n) is 3.23. The molecule has 1 unspecified atom stereocenters. The Kier molecular flexibility index (Phi) is 6.01. The molecule has 2 fully saturated rings. The van der Waals surface area contributed by atoms with E-state index < -0.39 is 5.82 Å². The first-order valence-corrected chi connectivity index (χ1v) is 7.98. The van der Waals surface area contributed by atoms with E-state index in [4.69, 9.17) is 5.73 Å². The predicted octanol–water partition coefficient (Wildman–Crippen LogP) is 1.73. The Hall–Kier alpha value is -1.86. The fourth-order valence-corrected chi connectivity index (χ4v) is 3.23. The van der Waals surface area contributed by atoms with Gasteiger partial charge in [0, 0.05) is 37.9 Å². The molecule has 0 bridgehead atoms. The summed E-state index contributed by atoms with van der Waals surface area (Å²) in [5, 5.41) is 2.69. The van der Waals surface area contributed by atoms with Gasteiger partial charge in [0.2, 0.25) is 0 Å². The summed E-state index contributed by atoms with van der Waals surface area (Å²) in [4.78, 5) is 27.7. The third-order valence-electron chi connectivity index (χ3n) is 4.51. The lowest BCUT2D eigenvalue weighted by atomic mass is 10.0. The van der Waals surface area contributed by atoms with Gasteiger partial charge < -0.3 is 16.0 Å². The lowest BCUT2D eigenvalue weighted by Crippen LogP contribution is -2.47. The molecular weight excluding hydrogens is 335 g/mol. The zero-order valence-electron chi connectivity index (χ0n) is 13.3. The predicted molar refractivity (Wildman–Crippen MR) is 92.1 cm³/mol. The maximum absolute atomic E-state index is 14.2. The summed E-state index contributed by atoms with van der Waals surface area (Å²) in [5.74, 6) is -0.918. The molecule has 1 aromatic carbocycles. The van der Waals surface area contributed by atoms with Crippen molar-refractivity contribution in [2.24, 2.45) is 5.73 Å². The number of hydrogen-bond donors (Lipinski definition) is 2. The Morgan fingerprint density at radius 1 is 1.33 bits per heavy atom. The Balaban J connectivity index is 0.00000208. The number of rotatable bonds is 3. The van der Waals surface area contributed by atoms with Crippen LogP contribution in [0, 0.1) is 5.82 Å². The van der Waals surface area contributed by atoms with Gasteiger partial charge in [0.1, 0.15) is 5.82 Å². The first-order chi connectivity index (χ1) is 11.1. The highest BCUT2D eigenvalue weighted by Gasteiger charge is 2.29. The first kappa shape index (κ1) is 18.5. The number of hydrogen-bond acceptors (Lipinski definition) is 3. The smallest absolute Gasteiger partial charge is 0.321 e. The molecule has 2 aliphatic rings.